The molecule has 4 nitrogen and oxygen atoms in total. The van der Waals surface area contributed by atoms with Gasteiger partial charge in [-0.3, -0.25) is 4.79 Å². The molecule has 3 aromatic carbocycles. The molecule has 0 bridgehead atoms. The lowest BCUT2D eigenvalue weighted by atomic mass is 10.0. The molecule has 0 atom stereocenters. The predicted molar refractivity (Wildman–Crippen MR) is 118 cm³/mol. The normalized spacial score (nSPS) is 14.9. The number of fused-ring (bicyclic) bond motifs is 1. The summed E-state index contributed by atoms with van der Waals surface area (Å²) in [5.74, 6) is -0.501. The Labute approximate surface area is 178 Å². The average Bonchev–Trinajstić information content (AvgIpc) is 2.69. The van der Waals surface area contributed by atoms with Gasteiger partial charge in [0.2, 0.25) is 15.6 Å². The van der Waals surface area contributed by atoms with E-state index < -0.39 is 15.6 Å². The molecule has 29 heavy (non-hydrogen) atoms. The van der Waals surface area contributed by atoms with E-state index in [0.29, 0.717) is 11.3 Å². The lowest BCUT2D eigenvalue weighted by Crippen LogP contribution is -2.26. The highest BCUT2D eigenvalue weighted by atomic mass is 79.9. The van der Waals surface area contributed by atoms with Crippen LogP contribution < -0.4 is 4.90 Å². The number of para-hydroxylation sites is 1. The van der Waals surface area contributed by atoms with Gasteiger partial charge in [-0.1, -0.05) is 51.8 Å². The zero-order valence-electron chi connectivity index (χ0n) is 15.9. The number of nitrogens with zero attached hydrogens (tertiary/aromatic N) is 1. The monoisotopic (exact) mass is 467 g/mol. The van der Waals surface area contributed by atoms with Crippen molar-refractivity contribution in [2.24, 2.45) is 0 Å². The fraction of sp³-hybridized carbons (Fsp3) is 0.0870. The van der Waals surface area contributed by atoms with Crippen LogP contribution in [-0.2, 0) is 9.84 Å². The van der Waals surface area contributed by atoms with Gasteiger partial charge < -0.3 is 4.90 Å². The number of hydrogen-bond donors (Lipinski definition) is 0. The average molecular weight is 468 g/mol. The Morgan fingerprint density at radius 3 is 2.31 bits per heavy atom. The van der Waals surface area contributed by atoms with Crippen LogP contribution >= 0.6 is 15.9 Å². The number of carbonyl (C=O) groups is 1. The van der Waals surface area contributed by atoms with E-state index in [2.05, 4.69) is 15.9 Å². The molecule has 1 heterocycles. The molecule has 0 spiro atoms. The quantitative estimate of drug-likeness (QED) is 0.462. The number of halogens is 1. The maximum absolute atomic E-state index is 13.3. The summed E-state index contributed by atoms with van der Waals surface area (Å²) in [5, 5.41) is 0. The Kier molecular flexibility index (Phi) is 4.92. The van der Waals surface area contributed by atoms with Gasteiger partial charge in [0.05, 0.1) is 10.6 Å². The molecule has 0 saturated heterocycles. The minimum absolute atomic E-state index is 0.124. The predicted octanol–water partition coefficient (Wildman–Crippen LogP) is 5.72. The Bertz CT molecular complexity index is 1260. The summed E-state index contributed by atoms with van der Waals surface area (Å²) >= 11 is 3.41. The van der Waals surface area contributed by atoms with E-state index in [4.69, 9.17) is 0 Å². The molecule has 0 amide bonds. The second kappa shape index (κ2) is 7.28. The molecular weight excluding hydrogens is 450 g/mol. The Hall–Kier alpha value is -2.70. The first-order chi connectivity index (χ1) is 13.8. The van der Waals surface area contributed by atoms with Crippen LogP contribution in [-0.4, -0.2) is 14.2 Å². The molecule has 0 aromatic heterocycles. The van der Waals surface area contributed by atoms with Gasteiger partial charge in [0, 0.05) is 21.9 Å². The molecule has 6 heteroatoms. The zero-order chi connectivity index (χ0) is 20.8. The van der Waals surface area contributed by atoms with Crippen LogP contribution in [0, 0.1) is 13.8 Å². The third-order valence-electron chi connectivity index (χ3n) is 4.91. The third-order valence-corrected chi connectivity index (χ3v) is 7.23. The van der Waals surface area contributed by atoms with Crippen molar-refractivity contribution in [3.63, 3.8) is 0 Å². The molecular formula is C23H18BrNO3S. The summed E-state index contributed by atoms with van der Waals surface area (Å²) < 4.78 is 27.5. The van der Waals surface area contributed by atoms with E-state index >= 15 is 0 Å². The molecule has 0 saturated carbocycles. The number of allylic oxidation sites excluding steroid dienone is 1. The van der Waals surface area contributed by atoms with Crippen LogP contribution in [0.5, 0.6) is 0 Å². The number of anilines is 2. The zero-order valence-corrected chi connectivity index (χ0v) is 18.3. The van der Waals surface area contributed by atoms with Gasteiger partial charge in [0.25, 0.3) is 0 Å². The number of Topliss-reactive ketones (excluding diaryl/α,β-unsaturated/α-hetero) is 1. The molecule has 1 aliphatic rings. The van der Waals surface area contributed by atoms with E-state index in [-0.39, 0.29) is 9.80 Å². The second-order valence-electron chi connectivity index (χ2n) is 6.96. The van der Waals surface area contributed by atoms with E-state index in [1.54, 1.807) is 35.2 Å². The van der Waals surface area contributed by atoms with Crippen LogP contribution in [0.4, 0.5) is 11.4 Å². The Balaban J connectivity index is 1.92. The van der Waals surface area contributed by atoms with Crippen molar-refractivity contribution in [2.45, 2.75) is 18.7 Å². The van der Waals surface area contributed by atoms with E-state index in [1.165, 1.54) is 6.20 Å². The molecule has 0 unspecified atom stereocenters. The maximum atomic E-state index is 13.3. The number of aryl methyl sites for hydroxylation is 2. The molecule has 1 aliphatic heterocycles. The van der Waals surface area contributed by atoms with Gasteiger partial charge in [-0.2, -0.15) is 0 Å². The van der Waals surface area contributed by atoms with Crippen molar-refractivity contribution >= 4 is 42.9 Å². The standard InChI is InChI=1S/C23H18BrNO3S/c1-15-7-12-19(16(2)13-15)23(26)22-14-25(18-10-8-17(24)9-11-18)20-5-3-4-6-21(20)29(22,27)28/h3-14H,1-2H3. The number of benzene rings is 3. The summed E-state index contributed by atoms with van der Waals surface area (Å²) in [5.41, 5.74) is 3.44. The molecule has 0 aliphatic carbocycles. The first-order valence-corrected chi connectivity index (χ1v) is 11.3. The third kappa shape index (κ3) is 3.43. The molecule has 3 aromatic rings. The molecule has 146 valence electrons. The highest BCUT2D eigenvalue weighted by Crippen LogP contribution is 2.40. The van der Waals surface area contributed by atoms with Gasteiger partial charge in [-0.15, -0.1) is 0 Å². The van der Waals surface area contributed by atoms with Crippen molar-refractivity contribution in [1.29, 1.82) is 0 Å². The van der Waals surface area contributed by atoms with Crippen LogP contribution in [0.15, 0.2) is 87.2 Å². The summed E-state index contributed by atoms with van der Waals surface area (Å²) in [7, 11) is -3.95. The minimum atomic E-state index is -3.95. The Morgan fingerprint density at radius 1 is 0.931 bits per heavy atom. The number of hydrogen-bond acceptors (Lipinski definition) is 4. The summed E-state index contributed by atoms with van der Waals surface area (Å²) in [6, 6.07) is 19.6. The van der Waals surface area contributed by atoms with Gasteiger partial charge in [-0.05, 0) is 55.8 Å². The van der Waals surface area contributed by atoms with Crippen molar-refractivity contribution in [2.75, 3.05) is 4.90 Å². The van der Waals surface area contributed by atoms with Gasteiger partial charge in [-0.25, -0.2) is 8.42 Å². The lowest BCUT2D eigenvalue weighted by molar-refractivity contribution is 0.104. The van der Waals surface area contributed by atoms with Crippen molar-refractivity contribution in [3.8, 4) is 0 Å². The SMILES string of the molecule is Cc1ccc(C(=O)C2=CN(c3ccc(Br)cc3)c3ccccc3S2(=O)=O)c(C)c1. The van der Waals surface area contributed by atoms with Gasteiger partial charge in [0.15, 0.2) is 0 Å². The highest BCUT2D eigenvalue weighted by Gasteiger charge is 2.36. The van der Waals surface area contributed by atoms with E-state index in [9.17, 15) is 13.2 Å². The smallest absolute Gasteiger partial charge is 0.214 e. The number of ketones is 1. The van der Waals surface area contributed by atoms with Crippen LogP contribution in [0.3, 0.4) is 0 Å². The van der Waals surface area contributed by atoms with Crippen molar-refractivity contribution in [1.82, 2.24) is 0 Å². The van der Waals surface area contributed by atoms with E-state index in [1.807, 2.05) is 50.2 Å². The van der Waals surface area contributed by atoms with Crippen LogP contribution in [0.25, 0.3) is 0 Å². The molecule has 0 fully saturated rings. The first-order valence-electron chi connectivity index (χ1n) is 9.02. The number of rotatable bonds is 3. The maximum Gasteiger partial charge on any atom is 0.214 e. The highest BCUT2D eigenvalue weighted by molar-refractivity contribution is 9.10. The largest absolute Gasteiger partial charge is 0.314 e. The lowest BCUT2D eigenvalue weighted by Gasteiger charge is -2.29. The van der Waals surface area contributed by atoms with Crippen molar-refractivity contribution in [3.05, 3.63) is 99.0 Å². The fourth-order valence-electron chi connectivity index (χ4n) is 3.46. The summed E-state index contributed by atoms with van der Waals surface area (Å²) in [6.07, 6.45) is 1.43. The summed E-state index contributed by atoms with van der Waals surface area (Å²) in [4.78, 5) is 14.9. The van der Waals surface area contributed by atoms with Gasteiger partial charge >= 0.3 is 0 Å². The topological polar surface area (TPSA) is 54.5 Å². The van der Waals surface area contributed by atoms with E-state index in [0.717, 1.165) is 21.3 Å². The first kappa shape index (κ1) is 19.6. The summed E-state index contributed by atoms with van der Waals surface area (Å²) in [6.45, 7) is 3.75. The molecule has 4 rings (SSSR count). The second-order valence-corrected chi connectivity index (χ2v) is 9.76. The fourth-order valence-corrected chi connectivity index (χ4v) is 5.25. The Morgan fingerprint density at radius 2 is 1.62 bits per heavy atom. The van der Waals surface area contributed by atoms with Crippen LogP contribution in [0.1, 0.15) is 21.5 Å². The minimum Gasteiger partial charge on any atom is -0.314 e. The van der Waals surface area contributed by atoms with Crippen LogP contribution in [0.2, 0.25) is 0 Å². The number of sulfone groups is 1. The number of carbonyl (C=O) groups excluding carboxylic acids is 1. The molecule has 0 N–H and O–H groups in total. The van der Waals surface area contributed by atoms with Gasteiger partial charge in [0.1, 0.15) is 4.91 Å². The molecule has 0 radical (unpaired) electrons. The van der Waals surface area contributed by atoms with Crippen molar-refractivity contribution < 1.29 is 13.2 Å².